The topological polar surface area (TPSA) is 88.4 Å². The van der Waals surface area contributed by atoms with Crippen molar-refractivity contribution < 1.29 is 17.6 Å². The Morgan fingerprint density at radius 1 is 1.12 bits per heavy atom. The van der Waals surface area contributed by atoms with Crippen LogP contribution in [-0.4, -0.2) is 26.9 Å². The van der Waals surface area contributed by atoms with Gasteiger partial charge in [-0.15, -0.1) is 0 Å². The number of hydrogen-bond donors (Lipinski definition) is 2. The molecule has 3 rings (SSSR count). The number of halogens is 1. The van der Waals surface area contributed by atoms with Gasteiger partial charge in [0.05, 0.1) is 4.90 Å². The maximum absolute atomic E-state index is 12.4. The monoisotopic (exact) mass is 440 g/mol. The van der Waals surface area contributed by atoms with Gasteiger partial charge in [0, 0.05) is 12.6 Å². The lowest BCUT2D eigenvalue weighted by molar-refractivity contribution is 0.0925. The van der Waals surface area contributed by atoms with Crippen molar-refractivity contribution in [1.82, 2.24) is 10.0 Å². The van der Waals surface area contributed by atoms with Crippen molar-refractivity contribution in [2.75, 3.05) is 6.54 Å². The molecule has 0 spiro atoms. The molecule has 0 atom stereocenters. The highest BCUT2D eigenvalue weighted by molar-refractivity contribution is 9.10. The van der Waals surface area contributed by atoms with Crippen LogP contribution in [0.2, 0.25) is 0 Å². The second-order valence-electron chi connectivity index (χ2n) is 6.36. The molecule has 1 aliphatic carbocycles. The van der Waals surface area contributed by atoms with Crippen molar-refractivity contribution in [3.63, 3.8) is 0 Å². The Hall–Kier alpha value is -1.64. The highest BCUT2D eigenvalue weighted by atomic mass is 79.9. The van der Waals surface area contributed by atoms with Gasteiger partial charge in [-0.25, -0.2) is 13.1 Å². The Kier molecular flexibility index (Phi) is 6.16. The molecule has 1 aromatic carbocycles. The highest BCUT2D eigenvalue weighted by Crippen LogP contribution is 2.20. The van der Waals surface area contributed by atoms with Crippen LogP contribution in [0.15, 0.2) is 50.4 Å². The van der Waals surface area contributed by atoms with E-state index in [9.17, 15) is 13.2 Å². The number of amides is 1. The zero-order chi connectivity index (χ0) is 18.6. The Labute approximate surface area is 161 Å². The average Bonchev–Trinajstić information content (AvgIpc) is 3.26. The number of sulfonamides is 1. The average molecular weight is 441 g/mol. The number of benzene rings is 1. The minimum atomic E-state index is -3.46. The van der Waals surface area contributed by atoms with Gasteiger partial charge in [0.1, 0.15) is 0 Å². The van der Waals surface area contributed by atoms with Gasteiger partial charge in [-0.3, -0.25) is 4.79 Å². The lowest BCUT2D eigenvalue weighted by Gasteiger charge is -2.13. The standard InChI is InChI=1S/C18H21BrN2O4S/c19-17-10-9-16(25-17)18(22)20-12-11-13-5-7-15(8-6-13)26(23,24)21-14-3-1-2-4-14/h5-10,14,21H,1-4,11-12H2,(H,20,22). The van der Waals surface area contributed by atoms with Gasteiger partial charge in [-0.2, -0.15) is 0 Å². The molecule has 2 N–H and O–H groups in total. The molecular weight excluding hydrogens is 420 g/mol. The SMILES string of the molecule is O=C(NCCc1ccc(S(=O)(=O)NC2CCCC2)cc1)c1ccc(Br)o1. The van der Waals surface area contributed by atoms with Crippen LogP contribution in [0.5, 0.6) is 0 Å². The fourth-order valence-electron chi connectivity index (χ4n) is 3.01. The van der Waals surface area contributed by atoms with Crippen molar-refractivity contribution in [3.05, 3.63) is 52.4 Å². The predicted octanol–water partition coefficient (Wildman–Crippen LogP) is 3.24. The van der Waals surface area contributed by atoms with Crippen molar-refractivity contribution in [1.29, 1.82) is 0 Å². The summed E-state index contributed by atoms with van der Waals surface area (Å²) in [7, 11) is -3.46. The van der Waals surface area contributed by atoms with Gasteiger partial charge in [-0.1, -0.05) is 25.0 Å². The minimum absolute atomic E-state index is 0.0523. The van der Waals surface area contributed by atoms with Gasteiger partial charge in [0.25, 0.3) is 5.91 Å². The van der Waals surface area contributed by atoms with Crippen molar-refractivity contribution >= 4 is 31.9 Å². The zero-order valence-corrected chi connectivity index (χ0v) is 16.6. The molecule has 26 heavy (non-hydrogen) atoms. The summed E-state index contributed by atoms with van der Waals surface area (Å²) in [5, 5.41) is 2.77. The first-order chi connectivity index (χ1) is 12.4. The minimum Gasteiger partial charge on any atom is -0.444 e. The third-order valence-electron chi connectivity index (χ3n) is 4.41. The molecule has 1 amide bonds. The first-order valence-corrected chi connectivity index (χ1v) is 10.9. The third kappa shape index (κ3) is 4.96. The smallest absolute Gasteiger partial charge is 0.287 e. The second kappa shape index (κ2) is 8.37. The van der Waals surface area contributed by atoms with Crippen molar-refractivity contribution in [2.45, 2.75) is 43.0 Å². The van der Waals surface area contributed by atoms with Gasteiger partial charge in [0.2, 0.25) is 10.0 Å². The summed E-state index contributed by atoms with van der Waals surface area (Å²) >= 11 is 3.15. The summed E-state index contributed by atoms with van der Waals surface area (Å²) in [6.07, 6.45) is 4.57. The van der Waals surface area contributed by atoms with Gasteiger partial charge < -0.3 is 9.73 Å². The van der Waals surface area contributed by atoms with Crippen LogP contribution in [0.25, 0.3) is 0 Å². The Balaban J connectivity index is 1.51. The van der Waals surface area contributed by atoms with E-state index < -0.39 is 10.0 Å². The van der Waals surface area contributed by atoms with Crippen LogP contribution in [0.3, 0.4) is 0 Å². The summed E-state index contributed by atoms with van der Waals surface area (Å²) in [6.45, 7) is 0.434. The zero-order valence-electron chi connectivity index (χ0n) is 14.2. The predicted molar refractivity (Wildman–Crippen MR) is 101 cm³/mol. The molecule has 1 fully saturated rings. The molecule has 1 saturated carbocycles. The summed E-state index contributed by atoms with van der Waals surface area (Å²) < 4.78 is 33.2. The summed E-state index contributed by atoms with van der Waals surface area (Å²) in [6, 6.07) is 10.1. The lowest BCUT2D eigenvalue weighted by atomic mass is 10.1. The van der Waals surface area contributed by atoms with Crippen molar-refractivity contribution in [3.8, 4) is 0 Å². The van der Waals surface area contributed by atoms with E-state index in [2.05, 4.69) is 26.0 Å². The molecule has 6 nitrogen and oxygen atoms in total. The lowest BCUT2D eigenvalue weighted by Crippen LogP contribution is -2.32. The van der Waals surface area contributed by atoms with Crippen LogP contribution in [-0.2, 0) is 16.4 Å². The van der Waals surface area contributed by atoms with Crippen LogP contribution in [0.1, 0.15) is 41.8 Å². The van der Waals surface area contributed by atoms with E-state index in [0.29, 0.717) is 17.6 Å². The van der Waals surface area contributed by atoms with Gasteiger partial charge in [-0.05, 0) is 65.0 Å². The first-order valence-electron chi connectivity index (χ1n) is 8.59. The summed E-state index contributed by atoms with van der Waals surface area (Å²) in [5.41, 5.74) is 0.950. The van der Waals surface area contributed by atoms with E-state index in [1.807, 2.05) is 0 Å². The van der Waals surface area contributed by atoms with Crippen LogP contribution in [0, 0.1) is 0 Å². The maximum atomic E-state index is 12.4. The second-order valence-corrected chi connectivity index (χ2v) is 8.85. The first kappa shape index (κ1) is 19.1. The molecule has 0 unspecified atom stereocenters. The molecule has 0 radical (unpaired) electrons. The van der Waals surface area contributed by atoms with Crippen LogP contribution in [0.4, 0.5) is 0 Å². The quantitative estimate of drug-likeness (QED) is 0.691. The highest BCUT2D eigenvalue weighted by Gasteiger charge is 2.22. The number of carbonyl (C=O) groups is 1. The summed E-state index contributed by atoms with van der Waals surface area (Å²) in [5.74, 6) is -0.0352. The van der Waals surface area contributed by atoms with E-state index >= 15 is 0 Å². The Morgan fingerprint density at radius 3 is 2.42 bits per heavy atom. The van der Waals surface area contributed by atoms with Gasteiger partial charge in [0.15, 0.2) is 10.4 Å². The van der Waals surface area contributed by atoms with Crippen LogP contribution >= 0.6 is 15.9 Å². The number of furan rings is 1. The number of rotatable bonds is 7. The number of carbonyl (C=O) groups excluding carboxylic acids is 1. The third-order valence-corrected chi connectivity index (χ3v) is 6.37. The molecule has 0 bridgehead atoms. The largest absolute Gasteiger partial charge is 0.444 e. The van der Waals surface area contributed by atoms with E-state index in [1.54, 1.807) is 36.4 Å². The molecule has 140 valence electrons. The molecule has 2 aromatic rings. The van der Waals surface area contributed by atoms with E-state index in [4.69, 9.17) is 4.42 Å². The molecule has 1 aliphatic rings. The molecular formula is C18H21BrN2O4S. The number of nitrogens with one attached hydrogen (secondary N) is 2. The maximum Gasteiger partial charge on any atom is 0.287 e. The number of hydrogen-bond acceptors (Lipinski definition) is 4. The molecule has 0 saturated heterocycles. The van der Waals surface area contributed by atoms with E-state index in [1.165, 1.54) is 0 Å². The van der Waals surface area contributed by atoms with E-state index in [0.717, 1.165) is 31.2 Å². The molecule has 8 heteroatoms. The summed E-state index contributed by atoms with van der Waals surface area (Å²) in [4.78, 5) is 12.2. The normalized spacial score (nSPS) is 15.3. The molecule has 0 aliphatic heterocycles. The molecule has 1 heterocycles. The van der Waals surface area contributed by atoms with Crippen LogP contribution < -0.4 is 10.0 Å². The van der Waals surface area contributed by atoms with Crippen molar-refractivity contribution in [2.24, 2.45) is 0 Å². The van der Waals surface area contributed by atoms with E-state index in [-0.39, 0.29) is 22.6 Å². The fraction of sp³-hybridized carbons (Fsp3) is 0.389. The molecule has 1 aromatic heterocycles. The van der Waals surface area contributed by atoms with Gasteiger partial charge >= 0.3 is 0 Å². The Bertz CT molecular complexity index is 856. The Morgan fingerprint density at radius 2 is 1.81 bits per heavy atom. The fourth-order valence-corrected chi connectivity index (χ4v) is 4.62.